The Kier molecular flexibility index (Phi) is 4.66. The monoisotopic (exact) mass is 224 g/mol. The van der Waals surface area contributed by atoms with E-state index < -0.39 is 0 Å². The second-order valence-corrected chi connectivity index (χ2v) is 6.17. The van der Waals surface area contributed by atoms with E-state index >= 15 is 0 Å². The van der Waals surface area contributed by atoms with E-state index in [2.05, 4.69) is 24.1 Å². The molecule has 1 aliphatic heterocycles. The van der Waals surface area contributed by atoms with E-state index in [1.807, 2.05) is 0 Å². The largest absolute Gasteiger partial charge is 0.311 e. The molecule has 1 N–H and O–H groups in total. The van der Waals surface area contributed by atoms with Crippen LogP contribution in [-0.2, 0) is 0 Å². The van der Waals surface area contributed by atoms with Crippen molar-refractivity contribution in [3.63, 3.8) is 0 Å². The molecular formula is C14H28N2. The van der Waals surface area contributed by atoms with E-state index in [9.17, 15) is 0 Å². The summed E-state index contributed by atoms with van der Waals surface area (Å²) in [5.41, 5.74) is 0. The predicted molar refractivity (Wildman–Crippen MR) is 69.6 cm³/mol. The van der Waals surface area contributed by atoms with Crippen molar-refractivity contribution in [1.82, 2.24) is 10.2 Å². The molecule has 1 aliphatic carbocycles. The van der Waals surface area contributed by atoms with Gasteiger partial charge in [0.15, 0.2) is 0 Å². The average Bonchev–Trinajstić information content (AvgIpc) is 3.01. The minimum atomic E-state index is 0.745. The SMILES string of the molecule is CC(C)CC1CN(CCCC2CC2)CCN1. The van der Waals surface area contributed by atoms with Gasteiger partial charge >= 0.3 is 0 Å². The molecule has 1 atom stereocenters. The summed E-state index contributed by atoms with van der Waals surface area (Å²) in [4.78, 5) is 2.67. The highest BCUT2D eigenvalue weighted by atomic mass is 15.2. The molecule has 2 rings (SSSR count). The normalized spacial score (nSPS) is 27.6. The van der Waals surface area contributed by atoms with Crippen molar-refractivity contribution in [1.29, 1.82) is 0 Å². The van der Waals surface area contributed by atoms with Crippen molar-refractivity contribution in [3.05, 3.63) is 0 Å². The minimum Gasteiger partial charge on any atom is -0.311 e. The van der Waals surface area contributed by atoms with Crippen LogP contribution in [0, 0.1) is 11.8 Å². The third kappa shape index (κ3) is 4.42. The number of nitrogens with one attached hydrogen (secondary N) is 1. The molecule has 0 radical (unpaired) electrons. The van der Waals surface area contributed by atoms with Gasteiger partial charge in [0.2, 0.25) is 0 Å². The van der Waals surface area contributed by atoms with E-state index in [-0.39, 0.29) is 0 Å². The standard InChI is InChI=1S/C14H28N2/c1-12(2)10-14-11-16(9-7-15-14)8-3-4-13-5-6-13/h12-15H,3-11H2,1-2H3. The van der Waals surface area contributed by atoms with Crippen LogP contribution in [0.2, 0.25) is 0 Å². The Morgan fingerprint density at radius 1 is 1.31 bits per heavy atom. The Balaban J connectivity index is 1.60. The minimum absolute atomic E-state index is 0.745. The molecule has 0 aromatic rings. The van der Waals surface area contributed by atoms with E-state index in [0.29, 0.717) is 0 Å². The molecule has 16 heavy (non-hydrogen) atoms. The highest BCUT2D eigenvalue weighted by Crippen LogP contribution is 2.33. The van der Waals surface area contributed by atoms with Crippen molar-refractivity contribution in [3.8, 4) is 0 Å². The smallest absolute Gasteiger partial charge is 0.0197 e. The molecule has 2 heteroatoms. The van der Waals surface area contributed by atoms with Crippen LogP contribution in [0.15, 0.2) is 0 Å². The van der Waals surface area contributed by atoms with E-state index in [1.165, 1.54) is 58.3 Å². The van der Waals surface area contributed by atoms with Crippen LogP contribution in [0.5, 0.6) is 0 Å². The maximum absolute atomic E-state index is 3.65. The lowest BCUT2D eigenvalue weighted by Gasteiger charge is -2.34. The van der Waals surface area contributed by atoms with E-state index in [4.69, 9.17) is 0 Å². The molecule has 0 bridgehead atoms. The third-order valence-electron chi connectivity index (χ3n) is 3.88. The van der Waals surface area contributed by atoms with E-state index in [1.54, 1.807) is 0 Å². The molecule has 2 fully saturated rings. The second-order valence-electron chi connectivity index (χ2n) is 6.17. The molecule has 0 aromatic carbocycles. The Bertz CT molecular complexity index is 199. The number of nitrogens with zero attached hydrogens (tertiary/aromatic N) is 1. The summed E-state index contributed by atoms with van der Waals surface area (Å²) in [5, 5.41) is 3.65. The van der Waals surface area contributed by atoms with Crippen molar-refractivity contribution < 1.29 is 0 Å². The lowest BCUT2D eigenvalue weighted by atomic mass is 10.0. The quantitative estimate of drug-likeness (QED) is 0.746. The van der Waals surface area contributed by atoms with Gasteiger partial charge in [0.05, 0.1) is 0 Å². The van der Waals surface area contributed by atoms with Gasteiger partial charge in [-0.1, -0.05) is 26.7 Å². The Morgan fingerprint density at radius 2 is 2.12 bits per heavy atom. The number of rotatable bonds is 6. The van der Waals surface area contributed by atoms with Gasteiger partial charge in [-0.2, -0.15) is 0 Å². The van der Waals surface area contributed by atoms with Crippen LogP contribution in [0.3, 0.4) is 0 Å². The predicted octanol–water partition coefficient (Wildman–Crippen LogP) is 2.50. The summed E-state index contributed by atoms with van der Waals surface area (Å²) in [6.45, 7) is 9.73. The number of hydrogen-bond donors (Lipinski definition) is 1. The second kappa shape index (κ2) is 6.02. The summed E-state index contributed by atoms with van der Waals surface area (Å²) < 4.78 is 0. The van der Waals surface area contributed by atoms with Crippen LogP contribution >= 0.6 is 0 Å². The first-order chi connectivity index (χ1) is 7.74. The zero-order valence-corrected chi connectivity index (χ0v) is 11.0. The van der Waals surface area contributed by atoms with Gasteiger partial charge in [-0.3, -0.25) is 0 Å². The topological polar surface area (TPSA) is 15.3 Å². The maximum Gasteiger partial charge on any atom is 0.0197 e. The maximum atomic E-state index is 3.65. The molecule has 1 saturated carbocycles. The molecule has 2 nitrogen and oxygen atoms in total. The fourth-order valence-corrected chi connectivity index (χ4v) is 2.83. The molecule has 94 valence electrons. The fraction of sp³-hybridized carbons (Fsp3) is 1.00. The van der Waals surface area contributed by atoms with Crippen LogP contribution in [0.1, 0.15) is 46.0 Å². The van der Waals surface area contributed by atoms with Gasteiger partial charge < -0.3 is 10.2 Å². The molecule has 0 aromatic heterocycles. The van der Waals surface area contributed by atoms with Crippen LogP contribution < -0.4 is 5.32 Å². The lowest BCUT2D eigenvalue weighted by Crippen LogP contribution is -2.51. The van der Waals surface area contributed by atoms with Crippen molar-refractivity contribution in [2.24, 2.45) is 11.8 Å². The van der Waals surface area contributed by atoms with Crippen molar-refractivity contribution in [2.75, 3.05) is 26.2 Å². The molecular weight excluding hydrogens is 196 g/mol. The van der Waals surface area contributed by atoms with Gasteiger partial charge in [0.25, 0.3) is 0 Å². The molecule has 2 aliphatic rings. The lowest BCUT2D eigenvalue weighted by molar-refractivity contribution is 0.183. The summed E-state index contributed by atoms with van der Waals surface area (Å²) >= 11 is 0. The van der Waals surface area contributed by atoms with E-state index in [0.717, 1.165) is 17.9 Å². The zero-order valence-electron chi connectivity index (χ0n) is 11.0. The van der Waals surface area contributed by atoms with Gasteiger partial charge in [-0.25, -0.2) is 0 Å². The molecule has 0 spiro atoms. The third-order valence-corrected chi connectivity index (χ3v) is 3.88. The summed E-state index contributed by atoms with van der Waals surface area (Å²) in [6.07, 6.45) is 7.27. The first-order valence-electron chi connectivity index (χ1n) is 7.20. The van der Waals surface area contributed by atoms with Gasteiger partial charge in [-0.15, -0.1) is 0 Å². The molecule has 1 unspecified atom stereocenters. The average molecular weight is 224 g/mol. The van der Waals surface area contributed by atoms with Gasteiger partial charge in [0, 0.05) is 25.7 Å². The number of piperazine rings is 1. The highest BCUT2D eigenvalue weighted by molar-refractivity contribution is 4.80. The summed E-state index contributed by atoms with van der Waals surface area (Å²) in [6, 6.07) is 0.745. The van der Waals surface area contributed by atoms with Crippen LogP contribution in [-0.4, -0.2) is 37.1 Å². The van der Waals surface area contributed by atoms with Crippen LogP contribution in [0.25, 0.3) is 0 Å². The zero-order chi connectivity index (χ0) is 11.4. The van der Waals surface area contributed by atoms with Gasteiger partial charge in [-0.05, 0) is 37.6 Å². The molecule has 1 saturated heterocycles. The Morgan fingerprint density at radius 3 is 2.81 bits per heavy atom. The summed E-state index contributed by atoms with van der Waals surface area (Å²) in [5.74, 6) is 1.93. The summed E-state index contributed by atoms with van der Waals surface area (Å²) in [7, 11) is 0. The van der Waals surface area contributed by atoms with Gasteiger partial charge in [0.1, 0.15) is 0 Å². The first kappa shape index (κ1) is 12.4. The van der Waals surface area contributed by atoms with Crippen molar-refractivity contribution >= 4 is 0 Å². The Labute approximate surface area is 101 Å². The first-order valence-corrected chi connectivity index (χ1v) is 7.20. The number of hydrogen-bond acceptors (Lipinski definition) is 2. The highest BCUT2D eigenvalue weighted by Gasteiger charge is 2.22. The Hall–Kier alpha value is -0.0800. The molecule has 1 heterocycles. The molecule has 0 amide bonds. The van der Waals surface area contributed by atoms with Crippen molar-refractivity contribution in [2.45, 2.75) is 52.0 Å². The van der Waals surface area contributed by atoms with Crippen LogP contribution in [0.4, 0.5) is 0 Å². The fourth-order valence-electron chi connectivity index (χ4n) is 2.83.